The summed E-state index contributed by atoms with van der Waals surface area (Å²) in [4.78, 5) is 40.8. The molecule has 2 N–H and O–H groups in total. The van der Waals surface area contributed by atoms with Crippen LogP contribution in [0, 0.1) is 0 Å². The maximum atomic E-state index is 12.4. The number of hydrogen-bond donors (Lipinski definition) is 2. The standard InChI is InChI=1S/C17H13N3O5S/c21-15(19-11-3-4-12-13(6-11)25-9-24-12)8-20-16(22)14(26-17(20)23)7-10-2-1-5-18-10/h1-7,18H,8-9H2,(H,19,21)/b14-7+. The smallest absolute Gasteiger partial charge is 0.294 e. The van der Waals surface area contributed by atoms with E-state index in [0.29, 0.717) is 22.9 Å². The summed E-state index contributed by atoms with van der Waals surface area (Å²) in [5.41, 5.74) is 1.20. The molecule has 0 aliphatic carbocycles. The highest BCUT2D eigenvalue weighted by Gasteiger charge is 2.36. The largest absolute Gasteiger partial charge is 0.454 e. The number of benzene rings is 1. The average Bonchev–Trinajstić information content (AvgIpc) is 3.33. The van der Waals surface area contributed by atoms with Crippen molar-refractivity contribution >= 4 is 40.6 Å². The number of rotatable bonds is 4. The Morgan fingerprint density at radius 3 is 2.92 bits per heavy atom. The van der Waals surface area contributed by atoms with Crippen LogP contribution in [0.2, 0.25) is 0 Å². The van der Waals surface area contributed by atoms with Crippen LogP contribution in [0.4, 0.5) is 10.5 Å². The summed E-state index contributed by atoms with van der Waals surface area (Å²) in [5.74, 6) is 0.161. The number of carbonyl (C=O) groups excluding carboxylic acids is 3. The number of anilines is 1. The summed E-state index contributed by atoms with van der Waals surface area (Å²) in [6, 6.07) is 8.52. The summed E-state index contributed by atoms with van der Waals surface area (Å²) in [6.45, 7) is -0.224. The monoisotopic (exact) mass is 371 g/mol. The lowest BCUT2D eigenvalue weighted by atomic mass is 10.2. The minimum Gasteiger partial charge on any atom is -0.454 e. The van der Waals surface area contributed by atoms with Gasteiger partial charge in [0, 0.05) is 23.6 Å². The van der Waals surface area contributed by atoms with Gasteiger partial charge in [-0.3, -0.25) is 19.3 Å². The molecule has 0 atom stereocenters. The number of imide groups is 1. The summed E-state index contributed by atoms with van der Waals surface area (Å²) in [5, 5.41) is 2.17. The fourth-order valence-corrected chi connectivity index (χ4v) is 3.36. The van der Waals surface area contributed by atoms with Crippen molar-refractivity contribution in [2.75, 3.05) is 18.7 Å². The molecule has 26 heavy (non-hydrogen) atoms. The van der Waals surface area contributed by atoms with Gasteiger partial charge in [-0.25, -0.2) is 0 Å². The molecule has 2 aliphatic heterocycles. The Morgan fingerprint density at radius 1 is 1.27 bits per heavy atom. The molecule has 1 fully saturated rings. The molecule has 1 aromatic heterocycles. The minimum atomic E-state index is -0.490. The fraction of sp³-hybridized carbons (Fsp3) is 0.118. The second-order valence-electron chi connectivity index (χ2n) is 5.51. The van der Waals surface area contributed by atoms with E-state index in [2.05, 4.69) is 10.3 Å². The molecule has 1 saturated heterocycles. The van der Waals surface area contributed by atoms with Gasteiger partial charge in [-0.15, -0.1) is 0 Å². The molecule has 132 valence electrons. The fourth-order valence-electron chi connectivity index (χ4n) is 2.53. The van der Waals surface area contributed by atoms with Crippen LogP contribution in [0.25, 0.3) is 6.08 Å². The van der Waals surface area contributed by atoms with E-state index >= 15 is 0 Å². The molecule has 2 aromatic rings. The predicted octanol–water partition coefficient (Wildman–Crippen LogP) is 2.42. The molecule has 0 bridgehead atoms. The number of fused-ring (bicyclic) bond motifs is 1. The van der Waals surface area contributed by atoms with Gasteiger partial charge in [0.05, 0.1) is 4.91 Å². The van der Waals surface area contributed by atoms with Crippen molar-refractivity contribution in [1.29, 1.82) is 0 Å². The van der Waals surface area contributed by atoms with Crippen molar-refractivity contribution in [2.45, 2.75) is 0 Å². The molecule has 0 spiro atoms. The SMILES string of the molecule is O=C(CN1C(=O)S/C(=C/c2ccc[nH]2)C1=O)Nc1ccc2c(c1)OCO2. The van der Waals surface area contributed by atoms with Crippen LogP contribution in [0.3, 0.4) is 0 Å². The molecule has 4 rings (SSSR count). The van der Waals surface area contributed by atoms with Crippen molar-refractivity contribution in [2.24, 2.45) is 0 Å². The van der Waals surface area contributed by atoms with Crippen molar-refractivity contribution < 1.29 is 23.9 Å². The topological polar surface area (TPSA) is 101 Å². The zero-order chi connectivity index (χ0) is 18.1. The van der Waals surface area contributed by atoms with E-state index in [-0.39, 0.29) is 18.2 Å². The van der Waals surface area contributed by atoms with Gasteiger partial charge < -0.3 is 19.8 Å². The lowest BCUT2D eigenvalue weighted by molar-refractivity contribution is -0.127. The first kappa shape index (κ1) is 16.3. The summed E-state index contributed by atoms with van der Waals surface area (Å²) < 4.78 is 10.5. The number of H-pyrrole nitrogens is 1. The molecule has 0 saturated carbocycles. The van der Waals surface area contributed by atoms with Gasteiger partial charge in [-0.05, 0) is 42.1 Å². The van der Waals surface area contributed by atoms with Crippen molar-refractivity contribution in [3.63, 3.8) is 0 Å². The number of carbonyl (C=O) groups is 3. The van der Waals surface area contributed by atoms with Gasteiger partial charge in [-0.1, -0.05) is 0 Å². The van der Waals surface area contributed by atoms with Crippen LogP contribution in [0.1, 0.15) is 5.69 Å². The quantitative estimate of drug-likeness (QED) is 0.801. The van der Waals surface area contributed by atoms with Crippen LogP contribution in [-0.4, -0.2) is 40.3 Å². The van der Waals surface area contributed by atoms with Gasteiger partial charge >= 0.3 is 0 Å². The number of ether oxygens (including phenoxy) is 2. The number of hydrogen-bond acceptors (Lipinski definition) is 6. The first-order chi connectivity index (χ1) is 12.6. The zero-order valence-electron chi connectivity index (χ0n) is 13.4. The normalized spacial score (nSPS) is 17.2. The van der Waals surface area contributed by atoms with Crippen molar-refractivity contribution in [3.8, 4) is 11.5 Å². The van der Waals surface area contributed by atoms with Crippen molar-refractivity contribution in [3.05, 3.63) is 47.1 Å². The third kappa shape index (κ3) is 3.16. The van der Waals surface area contributed by atoms with Gasteiger partial charge in [0.15, 0.2) is 11.5 Å². The number of aromatic nitrogens is 1. The maximum absolute atomic E-state index is 12.4. The number of nitrogens with one attached hydrogen (secondary N) is 2. The van der Waals surface area contributed by atoms with Crippen LogP contribution < -0.4 is 14.8 Å². The molecule has 0 radical (unpaired) electrons. The molecule has 3 amide bonds. The predicted molar refractivity (Wildman–Crippen MR) is 94.7 cm³/mol. The van der Waals surface area contributed by atoms with E-state index in [1.54, 1.807) is 42.6 Å². The van der Waals surface area contributed by atoms with E-state index in [4.69, 9.17) is 9.47 Å². The maximum Gasteiger partial charge on any atom is 0.294 e. The molecule has 8 nitrogen and oxygen atoms in total. The molecule has 3 heterocycles. The van der Waals surface area contributed by atoms with Gasteiger partial charge in [0.1, 0.15) is 6.54 Å². The van der Waals surface area contributed by atoms with E-state index in [1.807, 2.05) is 0 Å². The van der Waals surface area contributed by atoms with Gasteiger partial charge in [0.2, 0.25) is 12.7 Å². The second kappa shape index (κ2) is 6.60. The molecular formula is C17H13N3O5S. The number of aromatic amines is 1. The lowest BCUT2D eigenvalue weighted by Crippen LogP contribution is -2.36. The Bertz CT molecular complexity index is 922. The summed E-state index contributed by atoms with van der Waals surface area (Å²) in [7, 11) is 0. The number of thioether (sulfide) groups is 1. The Balaban J connectivity index is 1.42. The van der Waals surface area contributed by atoms with E-state index in [1.165, 1.54) is 0 Å². The third-order valence-electron chi connectivity index (χ3n) is 3.74. The lowest BCUT2D eigenvalue weighted by Gasteiger charge is -2.12. The highest BCUT2D eigenvalue weighted by Crippen LogP contribution is 2.34. The molecule has 1 aromatic carbocycles. The Hall–Kier alpha value is -3.20. The highest BCUT2D eigenvalue weighted by molar-refractivity contribution is 8.18. The van der Waals surface area contributed by atoms with Gasteiger partial charge in [-0.2, -0.15) is 0 Å². The Morgan fingerprint density at radius 2 is 2.12 bits per heavy atom. The summed E-state index contributed by atoms with van der Waals surface area (Å²) in [6.07, 6.45) is 3.30. The average molecular weight is 371 g/mol. The molecule has 0 unspecified atom stereocenters. The minimum absolute atomic E-state index is 0.136. The third-order valence-corrected chi connectivity index (χ3v) is 4.65. The Labute approximate surface area is 152 Å². The molecule has 9 heteroatoms. The van der Waals surface area contributed by atoms with Crippen LogP contribution in [-0.2, 0) is 9.59 Å². The van der Waals surface area contributed by atoms with Gasteiger partial charge in [0.25, 0.3) is 11.1 Å². The van der Waals surface area contributed by atoms with Crippen LogP contribution >= 0.6 is 11.8 Å². The van der Waals surface area contributed by atoms with Crippen LogP contribution in [0.15, 0.2) is 41.4 Å². The number of amides is 3. The second-order valence-corrected chi connectivity index (χ2v) is 6.50. The van der Waals surface area contributed by atoms with E-state index < -0.39 is 17.1 Å². The van der Waals surface area contributed by atoms with Crippen LogP contribution in [0.5, 0.6) is 11.5 Å². The first-order valence-corrected chi connectivity index (χ1v) is 8.50. The molecule has 2 aliphatic rings. The first-order valence-electron chi connectivity index (χ1n) is 7.68. The summed E-state index contributed by atoms with van der Waals surface area (Å²) >= 11 is 0.807. The number of nitrogens with zero attached hydrogens (tertiary/aromatic N) is 1. The van der Waals surface area contributed by atoms with E-state index in [0.717, 1.165) is 16.7 Å². The van der Waals surface area contributed by atoms with E-state index in [9.17, 15) is 14.4 Å². The highest BCUT2D eigenvalue weighted by atomic mass is 32.2. The van der Waals surface area contributed by atoms with Crippen molar-refractivity contribution in [1.82, 2.24) is 9.88 Å². The Kier molecular flexibility index (Phi) is 4.13. The molecular weight excluding hydrogens is 358 g/mol. The zero-order valence-corrected chi connectivity index (χ0v) is 14.2.